The zero-order valence-corrected chi connectivity index (χ0v) is 13.6. The Kier molecular flexibility index (Phi) is 5.90. The van der Waals surface area contributed by atoms with E-state index in [0.29, 0.717) is 17.0 Å². The van der Waals surface area contributed by atoms with E-state index in [-0.39, 0.29) is 24.3 Å². The van der Waals surface area contributed by atoms with E-state index in [1.54, 1.807) is 28.8 Å². The minimum atomic E-state index is -0.524. The van der Waals surface area contributed by atoms with Gasteiger partial charge in [-0.05, 0) is 43.4 Å². The molecule has 21 heavy (non-hydrogen) atoms. The molecule has 1 aromatic rings. The Balaban J connectivity index is 2.11. The predicted octanol–water partition coefficient (Wildman–Crippen LogP) is 3.05. The summed E-state index contributed by atoms with van der Waals surface area (Å²) in [7, 11) is 0. The summed E-state index contributed by atoms with van der Waals surface area (Å²) in [6, 6.07) is 4.22. The van der Waals surface area contributed by atoms with Crippen LogP contribution < -0.4 is 5.73 Å². The van der Waals surface area contributed by atoms with Crippen molar-refractivity contribution in [2.75, 3.05) is 12.0 Å². The Morgan fingerprint density at radius 2 is 2.29 bits per heavy atom. The van der Waals surface area contributed by atoms with Gasteiger partial charge in [0.25, 0.3) is 0 Å². The van der Waals surface area contributed by atoms with E-state index < -0.39 is 6.04 Å². The second-order valence-electron chi connectivity index (χ2n) is 5.29. The van der Waals surface area contributed by atoms with Crippen molar-refractivity contribution in [3.8, 4) is 0 Å². The summed E-state index contributed by atoms with van der Waals surface area (Å²) in [6.07, 6.45) is 4.52. The van der Waals surface area contributed by atoms with Crippen molar-refractivity contribution in [1.29, 1.82) is 0 Å². The van der Waals surface area contributed by atoms with Gasteiger partial charge in [0.2, 0.25) is 5.91 Å². The highest BCUT2D eigenvalue weighted by Crippen LogP contribution is 2.31. The number of rotatable bonds is 7. The molecule has 6 heteroatoms. The molecule has 1 aliphatic rings. The highest BCUT2D eigenvalue weighted by atomic mass is 35.5. The first-order valence-corrected chi connectivity index (χ1v) is 8.79. The van der Waals surface area contributed by atoms with Crippen LogP contribution in [-0.4, -0.2) is 34.9 Å². The maximum atomic E-state index is 13.9. The molecular formula is C15H20ClFN2OS. The van der Waals surface area contributed by atoms with Crippen molar-refractivity contribution in [1.82, 2.24) is 4.90 Å². The van der Waals surface area contributed by atoms with E-state index >= 15 is 0 Å². The lowest BCUT2D eigenvalue weighted by atomic mass is 10.1. The van der Waals surface area contributed by atoms with Crippen LogP contribution >= 0.6 is 23.4 Å². The molecule has 1 fully saturated rings. The lowest BCUT2D eigenvalue weighted by Crippen LogP contribution is -2.45. The first kappa shape index (κ1) is 16.6. The van der Waals surface area contributed by atoms with Crippen LogP contribution in [0.3, 0.4) is 0 Å². The lowest BCUT2D eigenvalue weighted by Gasteiger charge is -2.26. The molecule has 0 radical (unpaired) electrons. The van der Waals surface area contributed by atoms with Gasteiger partial charge in [-0.25, -0.2) is 4.39 Å². The topological polar surface area (TPSA) is 46.3 Å². The fraction of sp³-hybridized carbons (Fsp3) is 0.533. The molecule has 0 aromatic heterocycles. The smallest absolute Gasteiger partial charge is 0.240 e. The second-order valence-corrected chi connectivity index (χ2v) is 6.68. The third-order valence-corrected chi connectivity index (χ3v) is 4.61. The summed E-state index contributed by atoms with van der Waals surface area (Å²) in [5, 5.41) is 0.353. The molecule has 2 rings (SSSR count). The quantitative estimate of drug-likeness (QED) is 0.835. The van der Waals surface area contributed by atoms with Gasteiger partial charge < -0.3 is 10.6 Å². The van der Waals surface area contributed by atoms with Crippen LogP contribution in [0.1, 0.15) is 24.8 Å². The lowest BCUT2D eigenvalue weighted by molar-refractivity contribution is -0.133. The molecule has 0 aliphatic heterocycles. The van der Waals surface area contributed by atoms with Gasteiger partial charge in [-0.15, -0.1) is 0 Å². The predicted molar refractivity (Wildman–Crippen MR) is 86.0 cm³/mol. The Morgan fingerprint density at radius 1 is 1.57 bits per heavy atom. The van der Waals surface area contributed by atoms with Gasteiger partial charge in [-0.2, -0.15) is 11.8 Å². The number of hydrogen-bond acceptors (Lipinski definition) is 3. The Labute approximate surface area is 134 Å². The maximum absolute atomic E-state index is 13.9. The highest BCUT2D eigenvalue weighted by molar-refractivity contribution is 7.98. The van der Waals surface area contributed by atoms with Gasteiger partial charge in [0.05, 0.1) is 12.6 Å². The molecule has 2 N–H and O–H groups in total. The highest BCUT2D eigenvalue weighted by Gasteiger charge is 2.35. The van der Waals surface area contributed by atoms with E-state index in [4.69, 9.17) is 17.3 Å². The summed E-state index contributed by atoms with van der Waals surface area (Å²) < 4.78 is 13.9. The fourth-order valence-electron chi connectivity index (χ4n) is 2.21. The van der Waals surface area contributed by atoms with E-state index in [9.17, 15) is 9.18 Å². The first-order valence-electron chi connectivity index (χ1n) is 7.02. The largest absolute Gasteiger partial charge is 0.334 e. The summed E-state index contributed by atoms with van der Waals surface area (Å²) in [6.45, 7) is 0.196. The monoisotopic (exact) mass is 330 g/mol. The van der Waals surface area contributed by atoms with Crippen LogP contribution in [-0.2, 0) is 11.3 Å². The van der Waals surface area contributed by atoms with Crippen molar-refractivity contribution in [2.24, 2.45) is 5.73 Å². The molecule has 1 saturated carbocycles. The van der Waals surface area contributed by atoms with Crippen molar-refractivity contribution >= 4 is 29.3 Å². The summed E-state index contributed by atoms with van der Waals surface area (Å²) in [4.78, 5) is 14.2. The number of amides is 1. The zero-order valence-electron chi connectivity index (χ0n) is 12.0. The average molecular weight is 331 g/mol. The van der Waals surface area contributed by atoms with Crippen LogP contribution in [0.5, 0.6) is 0 Å². The standard InChI is InChI=1S/C15H20ClFN2OS/c1-21-8-7-14(18)15(20)19(10-5-6-10)9-11-12(16)3-2-4-13(11)17/h2-4,10,14H,5-9,18H2,1H3/t14-/m1/s1. The van der Waals surface area contributed by atoms with Crippen LogP contribution in [0.25, 0.3) is 0 Å². The average Bonchev–Trinajstić information content (AvgIpc) is 3.28. The first-order chi connectivity index (χ1) is 10.0. The number of nitrogens with two attached hydrogens (primary N) is 1. The number of carbonyl (C=O) groups is 1. The Hall–Kier alpha value is -0.780. The Bertz CT molecular complexity index is 490. The zero-order chi connectivity index (χ0) is 15.4. The number of nitrogens with zero attached hydrogens (tertiary/aromatic N) is 1. The van der Waals surface area contributed by atoms with Gasteiger partial charge in [0, 0.05) is 16.6 Å². The van der Waals surface area contributed by atoms with Gasteiger partial charge in [0.1, 0.15) is 5.82 Å². The molecule has 0 saturated heterocycles. The Morgan fingerprint density at radius 3 is 2.86 bits per heavy atom. The number of benzene rings is 1. The third-order valence-electron chi connectivity index (χ3n) is 3.61. The fourth-order valence-corrected chi connectivity index (χ4v) is 2.92. The van der Waals surface area contributed by atoms with Crippen molar-refractivity contribution in [2.45, 2.75) is 37.9 Å². The van der Waals surface area contributed by atoms with E-state index in [1.165, 1.54) is 6.07 Å². The molecule has 1 aliphatic carbocycles. The van der Waals surface area contributed by atoms with Crippen LogP contribution in [0.4, 0.5) is 4.39 Å². The van der Waals surface area contributed by atoms with E-state index in [2.05, 4.69) is 0 Å². The van der Waals surface area contributed by atoms with Crippen LogP contribution in [0.2, 0.25) is 5.02 Å². The normalized spacial score (nSPS) is 15.8. The third kappa shape index (κ3) is 4.34. The van der Waals surface area contributed by atoms with Crippen molar-refractivity contribution in [3.63, 3.8) is 0 Å². The van der Waals surface area contributed by atoms with Crippen molar-refractivity contribution in [3.05, 3.63) is 34.6 Å². The van der Waals surface area contributed by atoms with Crippen LogP contribution in [0, 0.1) is 5.82 Å². The molecule has 1 aromatic carbocycles. The van der Waals surface area contributed by atoms with Gasteiger partial charge in [0.15, 0.2) is 0 Å². The molecule has 1 amide bonds. The summed E-state index contributed by atoms with van der Waals surface area (Å²) >= 11 is 7.71. The number of hydrogen-bond donors (Lipinski definition) is 1. The summed E-state index contributed by atoms with van der Waals surface area (Å²) in [5.41, 5.74) is 6.34. The molecule has 0 heterocycles. The van der Waals surface area contributed by atoms with Gasteiger partial charge >= 0.3 is 0 Å². The second kappa shape index (κ2) is 7.47. The number of halogens is 2. The SMILES string of the molecule is CSCC[C@@H](N)C(=O)N(Cc1c(F)cccc1Cl)C1CC1. The minimum Gasteiger partial charge on any atom is -0.334 e. The maximum Gasteiger partial charge on any atom is 0.240 e. The molecule has 0 unspecified atom stereocenters. The molecule has 116 valence electrons. The molecule has 3 nitrogen and oxygen atoms in total. The van der Waals surface area contributed by atoms with Crippen molar-refractivity contribution < 1.29 is 9.18 Å². The number of thioether (sulfide) groups is 1. The summed E-state index contributed by atoms with van der Waals surface area (Å²) in [5.74, 6) is 0.357. The molecular weight excluding hydrogens is 311 g/mol. The minimum absolute atomic E-state index is 0.106. The van der Waals surface area contributed by atoms with Gasteiger partial charge in [-0.3, -0.25) is 4.79 Å². The molecule has 1 atom stereocenters. The number of carbonyl (C=O) groups excluding carboxylic acids is 1. The van der Waals surface area contributed by atoms with Gasteiger partial charge in [-0.1, -0.05) is 17.7 Å². The van der Waals surface area contributed by atoms with E-state index in [1.807, 2.05) is 6.26 Å². The van der Waals surface area contributed by atoms with Crippen LogP contribution in [0.15, 0.2) is 18.2 Å². The molecule has 0 spiro atoms. The van der Waals surface area contributed by atoms with E-state index in [0.717, 1.165) is 18.6 Å². The molecule has 0 bridgehead atoms.